The van der Waals surface area contributed by atoms with Gasteiger partial charge in [-0.15, -0.1) is 0 Å². The van der Waals surface area contributed by atoms with Crippen molar-refractivity contribution >= 4 is 21.9 Å². The van der Waals surface area contributed by atoms with Crippen molar-refractivity contribution in [1.29, 1.82) is 0 Å². The van der Waals surface area contributed by atoms with Gasteiger partial charge in [0.1, 0.15) is 5.52 Å². The molecule has 0 atom stereocenters. The summed E-state index contributed by atoms with van der Waals surface area (Å²) in [7, 11) is 0. The van der Waals surface area contributed by atoms with Crippen molar-refractivity contribution in [2.75, 3.05) is 0 Å². The van der Waals surface area contributed by atoms with Crippen molar-refractivity contribution in [3.05, 3.63) is 146 Å². The first kappa shape index (κ1) is 24.8. The summed E-state index contributed by atoms with van der Waals surface area (Å²) in [6.07, 6.45) is 0. The Kier molecular flexibility index (Phi) is 6.05. The van der Waals surface area contributed by atoms with Crippen LogP contribution in [0.3, 0.4) is 0 Å². The zero-order chi connectivity index (χ0) is 28.6. The highest BCUT2D eigenvalue weighted by atomic mass is 16.3. The quantitative estimate of drug-likeness (QED) is 0.213. The summed E-state index contributed by atoms with van der Waals surface area (Å²) in [4.78, 5) is 19.3. The summed E-state index contributed by atoms with van der Waals surface area (Å²) in [5.41, 5.74) is 7.60. The van der Waals surface area contributed by atoms with Crippen molar-refractivity contribution in [1.82, 2.24) is 19.9 Å². The van der Waals surface area contributed by atoms with Crippen LogP contribution in [-0.4, -0.2) is 19.9 Å². The molecular formula is C38H24N4O. The van der Waals surface area contributed by atoms with E-state index >= 15 is 0 Å². The second kappa shape index (κ2) is 10.5. The molecule has 0 saturated heterocycles. The largest absolute Gasteiger partial charge is 0.435 e. The van der Waals surface area contributed by atoms with Gasteiger partial charge in [-0.25, -0.2) is 19.9 Å². The van der Waals surface area contributed by atoms with Gasteiger partial charge in [0.05, 0.1) is 0 Å². The summed E-state index contributed by atoms with van der Waals surface area (Å²) < 4.78 is 6.30. The molecule has 2 aromatic heterocycles. The van der Waals surface area contributed by atoms with Crippen LogP contribution in [0.15, 0.2) is 150 Å². The number of benzene rings is 6. The van der Waals surface area contributed by atoms with Crippen LogP contribution in [0.5, 0.6) is 0 Å². The topological polar surface area (TPSA) is 64.7 Å². The predicted octanol–water partition coefficient (Wildman–Crippen LogP) is 9.50. The van der Waals surface area contributed by atoms with E-state index in [9.17, 15) is 0 Å². The lowest BCUT2D eigenvalue weighted by Gasteiger charge is -2.09. The maximum absolute atomic E-state index is 6.30. The summed E-state index contributed by atoms with van der Waals surface area (Å²) in [6, 6.07) is 49.0. The third-order valence-electron chi connectivity index (χ3n) is 7.57. The molecule has 0 saturated carbocycles. The molecule has 5 heteroatoms. The molecule has 8 aromatic rings. The second-order valence-corrected chi connectivity index (χ2v) is 10.4. The molecule has 0 aliphatic rings. The molecule has 0 fully saturated rings. The van der Waals surface area contributed by atoms with Crippen LogP contribution >= 0.6 is 0 Å². The van der Waals surface area contributed by atoms with E-state index in [1.165, 1.54) is 0 Å². The average Bonchev–Trinajstić information content (AvgIpc) is 3.54. The molecule has 6 aromatic carbocycles. The van der Waals surface area contributed by atoms with Gasteiger partial charge < -0.3 is 4.42 Å². The van der Waals surface area contributed by atoms with E-state index in [4.69, 9.17) is 24.4 Å². The first-order valence-corrected chi connectivity index (χ1v) is 14.1. The van der Waals surface area contributed by atoms with E-state index in [1.807, 2.05) is 97.1 Å². The third-order valence-corrected chi connectivity index (χ3v) is 7.57. The van der Waals surface area contributed by atoms with E-state index in [2.05, 4.69) is 48.5 Å². The molecule has 0 radical (unpaired) electrons. The van der Waals surface area contributed by atoms with Gasteiger partial charge in [-0.05, 0) is 40.8 Å². The standard InChI is InChI=1S/C38H24N4O/c1-4-10-27(11-5-1)35-40-36(28-12-6-2-7-13-28)42-37(41-35)29-19-16-25(17-20-29)31-21-18-26-22-23-33-34(32(26)24-31)43-38(39-33)30-14-8-3-9-15-30/h1-24H. The van der Waals surface area contributed by atoms with E-state index < -0.39 is 0 Å². The van der Waals surface area contributed by atoms with Gasteiger partial charge in [0.25, 0.3) is 0 Å². The number of oxazole rings is 1. The fraction of sp³-hybridized carbons (Fsp3) is 0. The Hall–Kier alpha value is -5.94. The molecule has 8 rings (SSSR count). The Morgan fingerprint density at radius 1 is 0.372 bits per heavy atom. The molecule has 2 heterocycles. The highest BCUT2D eigenvalue weighted by Crippen LogP contribution is 2.34. The van der Waals surface area contributed by atoms with Crippen LogP contribution < -0.4 is 0 Å². The lowest BCUT2D eigenvalue weighted by molar-refractivity contribution is 0.623. The normalized spacial score (nSPS) is 11.3. The molecule has 5 nitrogen and oxygen atoms in total. The van der Waals surface area contributed by atoms with E-state index in [-0.39, 0.29) is 0 Å². The molecule has 0 unspecified atom stereocenters. The fourth-order valence-corrected chi connectivity index (χ4v) is 5.34. The summed E-state index contributed by atoms with van der Waals surface area (Å²) in [6.45, 7) is 0. The average molecular weight is 553 g/mol. The van der Waals surface area contributed by atoms with Gasteiger partial charge in [-0.2, -0.15) is 0 Å². The number of hydrogen-bond donors (Lipinski definition) is 0. The van der Waals surface area contributed by atoms with Gasteiger partial charge in [0.2, 0.25) is 5.89 Å². The van der Waals surface area contributed by atoms with Gasteiger partial charge in [-0.1, -0.05) is 121 Å². The molecule has 0 spiro atoms. The molecule has 0 aliphatic heterocycles. The van der Waals surface area contributed by atoms with Crippen LogP contribution in [0.2, 0.25) is 0 Å². The molecule has 202 valence electrons. The Bertz CT molecular complexity index is 2150. The molecule has 0 bridgehead atoms. The second-order valence-electron chi connectivity index (χ2n) is 10.4. The lowest BCUT2D eigenvalue weighted by atomic mass is 9.99. The minimum atomic E-state index is 0.625. The molecule has 0 N–H and O–H groups in total. The number of fused-ring (bicyclic) bond motifs is 3. The van der Waals surface area contributed by atoms with Crippen LogP contribution in [0, 0.1) is 0 Å². The van der Waals surface area contributed by atoms with Crippen LogP contribution in [0.4, 0.5) is 0 Å². The monoisotopic (exact) mass is 552 g/mol. The van der Waals surface area contributed by atoms with Crippen LogP contribution in [0.25, 0.3) is 78.6 Å². The van der Waals surface area contributed by atoms with Crippen molar-refractivity contribution in [3.8, 4) is 56.7 Å². The molecule has 43 heavy (non-hydrogen) atoms. The maximum Gasteiger partial charge on any atom is 0.227 e. The summed E-state index contributed by atoms with van der Waals surface area (Å²) in [5, 5.41) is 2.14. The number of aromatic nitrogens is 4. The zero-order valence-electron chi connectivity index (χ0n) is 23.1. The van der Waals surface area contributed by atoms with Crippen molar-refractivity contribution in [2.24, 2.45) is 0 Å². The summed E-state index contributed by atoms with van der Waals surface area (Å²) in [5.74, 6) is 2.55. The van der Waals surface area contributed by atoms with Crippen molar-refractivity contribution in [2.45, 2.75) is 0 Å². The highest BCUT2D eigenvalue weighted by molar-refractivity contribution is 6.05. The first-order valence-electron chi connectivity index (χ1n) is 14.1. The Morgan fingerprint density at radius 3 is 1.42 bits per heavy atom. The van der Waals surface area contributed by atoms with Crippen molar-refractivity contribution in [3.63, 3.8) is 0 Å². The van der Waals surface area contributed by atoms with E-state index in [0.717, 1.165) is 55.3 Å². The molecule has 0 aliphatic carbocycles. The fourth-order valence-electron chi connectivity index (χ4n) is 5.34. The Labute approximate surface area is 248 Å². The van der Waals surface area contributed by atoms with E-state index in [0.29, 0.717) is 23.4 Å². The minimum absolute atomic E-state index is 0.625. The Morgan fingerprint density at radius 2 is 0.837 bits per heavy atom. The van der Waals surface area contributed by atoms with Crippen LogP contribution in [0.1, 0.15) is 0 Å². The maximum atomic E-state index is 6.30. The van der Waals surface area contributed by atoms with E-state index in [1.54, 1.807) is 0 Å². The summed E-state index contributed by atoms with van der Waals surface area (Å²) >= 11 is 0. The van der Waals surface area contributed by atoms with Crippen LogP contribution in [-0.2, 0) is 0 Å². The SMILES string of the molecule is c1ccc(-c2nc(-c3ccccc3)nc(-c3ccc(-c4ccc5ccc6nc(-c7ccccc7)oc6c5c4)cc3)n2)cc1. The van der Waals surface area contributed by atoms with Gasteiger partial charge in [-0.3, -0.25) is 0 Å². The number of hydrogen-bond acceptors (Lipinski definition) is 5. The Balaban J connectivity index is 1.18. The number of rotatable bonds is 5. The van der Waals surface area contributed by atoms with Gasteiger partial charge >= 0.3 is 0 Å². The predicted molar refractivity (Wildman–Crippen MR) is 172 cm³/mol. The van der Waals surface area contributed by atoms with Gasteiger partial charge in [0.15, 0.2) is 23.1 Å². The van der Waals surface area contributed by atoms with Crippen molar-refractivity contribution < 1.29 is 4.42 Å². The lowest BCUT2D eigenvalue weighted by Crippen LogP contribution is -2.00. The smallest absolute Gasteiger partial charge is 0.227 e. The third kappa shape index (κ3) is 4.73. The molecular weight excluding hydrogens is 528 g/mol. The zero-order valence-corrected chi connectivity index (χ0v) is 23.1. The minimum Gasteiger partial charge on any atom is -0.435 e. The highest BCUT2D eigenvalue weighted by Gasteiger charge is 2.14. The molecule has 0 amide bonds. The van der Waals surface area contributed by atoms with Gasteiger partial charge in [0, 0.05) is 27.6 Å². The first-order chi connectivity index (χ1) is 21.3. The number of nitrogens with zero attached hydrogens (tertiary/aromatic N) is 4.